The highest BCUT2D eigenvalue weighted by Gasteiger charge is 1.99. The second-order valence-electron chi connectivity index (χ2n) is 3.66. The third-order valence-electron chi connectivity index (χ3n) is 1.82. The third kappa shape index (κ3) is 22.5. The van der Waals surface area contributed by atoms with Gasteiger partial charge in [-0.25, -0.2) is 9.59 Å². The van der Waals surface area contributed by atoms with E-state index in [9.17, 15) is 24.5 Å². The number of nitrogens with one attached hydrogen (secondary N) is 1. The van der Waals surface area contributed by atoms with Crippen molar-refractivity contribution in [2.24, 2.45) is 5.73 Å². The molecule has 0 aliphatic rings. The lowest BCUT2D eigenvalue weighted by atomic mass is 10.3. The third-order valence-corrected chi connectivity index (χ3v) is 1.82. The van der Waals surface area contributed by atoms with E-state index in [0.717, 1.165) is 0 Å². The maximum atomic E-state index is 11.0. The Kier molecular flexibility index (Phi) is 14.4. The minimum atomic E-state index is -1.26. The highest BCUT2D eigenvalue weighted by atomic mass is 16.9. The van der Waals surface area contributed by atoms with Crippen molar-refractivity contribution < 1.29 is 34.5 Å². The van der Waals surface area contributed by atoms with Crippen LogP contribution in [0.25, 0.3) is 0 Å². The Balaban J connectivity index is 0. The molecule has 0 aromatic carbocycles. The van der Waals surface area contributed by atoms with Gasteiger partial charge in [0.2, 0.25) is 5.91 Å². The van der Waals surface area contributed by atoms with Crippen molar-refractivity contribution in [1.82, 2.24) is 5.32 Å². The average Bonchev–Trinajstić information content (AvgIpc) is 2.43. The number of aliphatic carboxylic acids is 2. The zero-order valence-electron chi connectivity index (χ0n) is 11.8. The molecular formula is C11H19N3O8. The van der Waals surface area contributed by atoms with Gasteiger partial charge < -0.3 is 26.1 Å². The van der Waals surface area contributed by atoms with Crippen LogP contribution in [0.1, 0.15) is 19.3 Å². The zero-order valence-corrected chi connectivity index (χ0v) is 11.8. The molecule has 5 N–H and O–H groups in total. The molecule has 0 rings (SSSR count). The Bertz CT molecular complexity index is 381. The number of carboxylic acid groups (broad SMARTS) is 2. The molecule has 0 unspecified atom stereocenters. The van der Waals surface area contributed by atoms with E-state index in [0.29, 0.717) is 44.5 Å². The number of nitrogens with two attached hydrogens (primary N) is 1. The number of nitrogens with zero attached hydrogens (tertiary/aromatic N) is 1. The monoisotopic (exact) mass is 321 g/mol. The number of hydrogen-bond acceptors (Lipinski definition) is 7. The van der Waals surface area contributed by atoms with Crippen molar-refractivity contribution in [3.63, 3.8) is 0 Å². The van der Waals surface area contributed by atoms with Gasteiger partial charge in [0.25, 0.3) is 5.09 Å². The lowest BCUT2D eigenvalue weighted by molar-refractivity contribution is -0.757. The first-order valence-corrected chi connectivity index (χ1v) is 6.17. The first kappa shape index (κ1) is 21.6. The van der Waals surface area contributed by atoms with Crippen LogP contribution in [0, 0.1) is 10.1 Å². The van der Waals surface area contributed by atoms with E-state index in [1.165, 1.54) is 0 Å². The lowest BCUT2D eigenvalue weighted by Crippen LogP contribution is -2.25. The highest BCUT2D eigenvalue weighted by Crippen LogP contribution is 1.86. The SMILES string of the molecule is NCCCC(=O)NCCCO[N+](=O)[O-].O=C(O)C=CC(=O)O. The predicted molar refractivity (Wildman–Crippen MR) is 73.3 cm³/mol. The van der Waals surface area contributed by atoms with Crippen LogP contribution in [-0.4, -0.2) is 52.8 Å². The summed E-state index contributed by atoms with van der Waals surface area (Å²) in [5.74, 6) is -2.60. The largest absolute Gasteiger partial charge is 0.478 e. The fraction of sp³-hybridized carbons (Fsp3) is 0.545. The van der Waals surface area contributed by atoms with E-state index < -0.39 is 17.0 Å². The molecule has 0 radical (unpaired) electrons. The molecule has 0 aromatic heterocycles. The average molecular weight is 321 g/mol. The Hall–Kier alpha value is -2.69. The maximum absolute atomic E-state index is 11.0. The summed E-state index contributed by atoms with van der Waals surface area (Å²) in [7, 11) is 0. The molecule has 0 atom stereocenters. The van der Waals surface area contributed by atoms with Crippen molar-refractivity contribution in [2.45, 2.75) is 19.3 Å². The molecule has 0 spiro atoms. The van der Waals surface area contributed by atoms with Crippen LogP contribution in [0.4, 0.5) is 0 Å². The molecule has 0 aliphatic heterocycles. The number of carbonyl (C=O) groups is 3. The van der Waals surface area contributed by atoms with Crippen molar-refractivity contribution in [2.75, 3.05) is 19.7 Å². The molecule has 11 nitrogen and oxygen atoms in total. The standard InChI is InChI=1S/C7H15N3O4.C4H4O4/c8-4-1-3-7(11)9-5-2-6-14-10(12)13;5-3(6)1-2-4(7)8/h1-6,8H2,(H,9,11);1-2H,(H,5,6)(H,7,8). The zero-order chi connectivity index (χ0) is 17.4. The molecule has 0 fully saturated rings. The Morgan fingerprint density at radius 2 is 1.73 bits per heavy atom. The lowest BCUT2D eigenvalue weighted by Gasteiger charge is -2.03. The summed E-state index contributed by atoms with van der Waals surface area (Å²) in [5.41, 5.74) is 5.21. The van der Waals surface area contributed by atoms with Gasteiger partial charge in [0.1, 0.15) is 0 Å². The molecule has 11 heteroatoms. The number of amides is 1. The normalized spacial score (nSPS) is 9.50. The van der Waals surface area contributed by atoms with Gasteiger partial charge in [-0.3, -0.25) is 4.79 Å². The topological polar surface area (TPSA) is 182 Å². The summed E-state index contributed by atoms with van der Waals surface area (Å²) >= 11 is 0. The van der Waals surface area contributed by atoms with Gasteiger partial charge in [0.05, 0.1) is 6.61 Å². The summed E-state index contributed by atoms with van der Waals surface area (Å²) < 4.78 is 0. The molecule has 0 heterocycles. The van der Waals surface area contributed by atoms with E-state index in [1.807, 2.05) is 0 Å². The van der Waals surface area contributed by atoms with Gasteiger partial charge in [-0.05, 0) is 19.4 Å². The van der Waals surface area contributed by atoms with Gasteiger partial charge in [-0.1, -0.05) is 0 Å². The van der Waals surface area contributed by atoms with Gasteiger partial charge in [0, 0.05) is 25.1 Å². The van der Waals surface area contributed by atoms with Gasteiger partial charge in [-0.2, -0.15) is 0 Å². The van der Waals surface area contributed by atoms with Crippen LogP contribution in [0.5, 0.6) is 0 Å². The molecule has 0 saturated carbocycles. The number of rotatable bonds is 10. The van der Waals surface area contributed by atoms with Gasteiger partial charge in [-0.15, -0.1) is 10.1 Å². The van der Waals surface area contributed by atoms with Crippen LogP contribution in [0.3, 0.4) is 0 Å². The van der Waals surface area contributed by atoms with Crippen LogP contribution in [-0.2, 0) is 19.2 Å². The van der Waals surface area contributed by atoms with Gasteiger partial charge >= 0.3 is 11.9 Å². The quantitative estimate of drug-likeness (QED) is 0.172. The molecule has 0 aliphatic carbocycles. The second kappa shape index (κ2) is 14.7. The number of carbonyl (C=O) groups excluding carboxylic acids is 1. The minimum absolute atomic E-state index is 0.00414. The summed E-state index contributed by atoms with van der Waals surface area (Å²) in [6.07, 6.45) is 2.59. The summed E-state index contributed by atoms with van der Waals surface area (Å²) in [4.78, 5) is 43.8. The van der Waals surface area contributed by atoms with Crippen LogP contribution in [0.2, 0.25) is 0 Å². The molecule has 0 aromatic rings. The van der Waals surface area contributed by atoms with E-state index >= 15 is 0 Å². The second-order valence-corrected chi connectivity index (χ2v) is 3.66. The molecule has 0 saturated heterocycles. The van der Waals surface area contributed by atoms with Crippen molar-refractivity contribution in [1.29, 1.82) is 0 Å². The van der Waals surface area contributed by atoms with Crippen molar-refractivity contribution >= 4 is 17.8 Å². The number of hydrogen-bond donors (Lipinski definition) is 4. The summed E-state index contributed by atoms with van der Waals surface area (Å²) in [5, 5.41) is 27.1. The molecule has 22 heavy (non-hydrogen) atoms. The van der Waals surface area contributed by atoms with Crippen LogP contribution in [0.15, 0.2) is 12.2 Å². The molecule has 1 amide bonds. The summed E-state index contributed by atoms with van der Waals surface area (Å²) in [6, 6.07) is 0. The molecule has 126 valence electrons. The maximum Gasteiger partial charge on any atom is 0.328 e. The van der Waals surface area contributed by atoms with Crippen LogP contribution < -0.4 is 11.1 Å². The Labute approximate surface area is 125 Å². The van der Waals surface area contributed by atoms with E-state index in [4.69, 9.17) is 15.9 Å². The fourth-order valence-electron chi connectivity index (χ4n) is 0.933. The smallest absolute Gasteiger partial charge is 0.328 e. The van der Waals surface area contributed by atoms with E-state index in [2.05, 4.69) is 10.2 Å². The predicted octanol–water partition coefficient (Wildman–Crippen LogP) is -0.848. The minimum Gasteiger partial charge on any atom is -0.478 e. The van der Waals surface area contributed by atoms with Crippen LogP contribution >= 0.6 is 0 Å². The fourth-order valence-corrected chi connectivity index (χ4v) is 0.933. The molecule has 0 bridgehead atoms. The van der Waals surface area contributed by atoms with E-state index in [1.54, 1.807) is 0 Å². The first-order chi connectivity index (χ1) is 10.3. The van der Waals surface area contributed by atoms with E-state index in [-0.39, 0.29) is 12.5 Å². The number of carboxylic acids is 2. The van der Waals surface area contributed by atoms with Crippen molar-refractivity contribution in [3.05, 3.63) is 22.3 Å². The Morgan fingerprint density at radius 1 is 1.18 bits per heavy atom. The Morgan fingerprint density at radius 3 is 2.14 bits per heavy atom. The molecular weight excluding hydrogens is 302 g/mol. The highest BCUT2D eigenvalue weighted by molar-refractivity contribution is 5.89. The summed E-state index contributed by atoms with van der Waals surface area (Å²) in [6.45, 7) is 0.874. The first-order valence-electron chi connectivity index (χ1n) is 6.17. The van der Waals surface area contributed by atoms with Crippen molar-refractivity contribution in [3.8, 4) is 0 Å². The van der Waals surface area contributed by atoms with Gasteiger partial charge in [0.15, 0.2) is 0 Å².